The smallest absolute Gasteiger partial charge is 0.0966 e. The lowest BCUT2D eigenvalue weighted by Crippen LogP contribution is -2.42. The van der Waals surface area contributed by atoms with Crippen LogP contribution in [0.2, 0.25) is 0 Å². The Labute approximate surface area is 103 Å². The van der Waals surface area contributed by atoms with Crippen LogP contribution in [-0.4, -0.2) is 45.6 Å². The average Bonchev–Trinajstić information content (AvgIpc) is 2.74. The van der Waals surface area contributed by atoms with Gasteiger partial charge >= 0.3 is 0 Å². The van der Waals surface area contributed by atoms with E-state index >= 15 is 0 Å². The van der Waals surface area contributed by atoms with Gasteiger partial charge in [-0.2, -0.15) is 0 Å². The highest BCUT2D eigenvalue weighted by molar-refractivity contribution is 4.92. The lowest BCUT2D eigenvalue weighted by Gasteiger charge is -2.31. The van der Waals surface area contributed by atoms with Gasteiger partial charge in [0.25, 0.3) is 0 Å². The molecule has 0 radical (unpaired) electrons. The fourth-order valence-corrected chi connectivity index (χ4v) is 2.34. The SMILES string of the molecule is CCCNC1CCN(Cc2cn(C)nn2)CC1. The summed E-state index contributed by atoms with van der Waals surface area (Å²) < 4.78 is 1.77. The van der Waals surface area contributed by atoms with Gasteiger partial charge in [0, 0.05) is 38.9 Å². The number of likely N-dealkylation sites (tertiary alicyclic amines) is 1. The predicted molar refractivity (Wildman–Crippen MR) is 67.6 cm³/mol. The fourth-order valence-electron chi connectivity index (χ4n) is 2.34. The van der Waals surface area contributed by atoms with Gasteiger partial charge in [-0.05, 0) is 25.8 Å². The van der Waals surface area contributed by atoms with E-state index in [0.29, 0.717) is 6.04 Å². The van der Waals surface area contributed by atoms with Crippen molar-refractivity contribution >= 4 is 0 Å². The quantitative estimate of drug-likeness (QED) is 0.822. The number of aromatic nitrogens is 3. The summed E-state index contributed by atoms with van der Waals surface area (Å²) in [4.78, 5) is 2.47. The van der Waals surface area contributed by atoms with E-state index in [9.17, 15) is 0 Å². The Hall–Kier alpha value is -0.940. The maximum atomic E-state index is 4.13. The zero-order valence-electron chi connectivity index (χ0n) is 10.9. The molecule has 2 rings (SSSR count). The fraction of sp³-hybridized carbons (Fsp3) is 0.833. The molecule has 0 spiro atoms. The summed E-state index contributed by atoms with van der Waals surface area (Å²) in [6.45, 7) is 6.63. The minimum absolute atomic E-state index is 0.716. The van der Waals surface area contributed by atoms with Crippen LogP contribution in [0.25, 0.3) is 0 Å². The van der Waals surface area contributed by atoms with Gasteiger partial charge in [0.1, 0.15) is 0 Å². The second kappa shape index (κ2) is 6.12. The molecule has 96 valence electrons. The molecule has 0 bridgehead atoms. The maximum absolute atomic E-state index is 4.13. The van der Waals surface area contributed by atoms with E-state index in [2.05, 4.69) is 27.5 Å². The van der Waals surface area contributed by atoms with Crippen LogP contribution in [0, 0.1) is 0 Å². The zero-order valence-corrected chi connectivity index (χ0v) is 10.9. The van der Waals surface area contributed by atoms with Crippen LogP contribution in [-0.2, 0) is 13.6 Å². The molecule has 1 aliphatic heterocycles. The van der Waals surface area contributed by atoms with E-state index in [4.69, 9.17) is 0 Å². The van der Waals surface area contributed by atoms with E-state index < -0.39 is 0 Å². The van der Waals surface area contributed by atoms with Crippen LogP contribution in [0.15, 0.2) is 6.20 Å². The molecular weight excluding hydrogens is 214 g/mol. The van der Waals surface area contributed by atoms with Gasteiger partial charge in [-0.25, -0.2) is 0 Å². The summed E-state index contributed by atoms with van der Waals surface area (Å²) in [7, 11) is 1.91. The molecule has 0 atom stereocenters. The van der Waals surface area contributed by atoms with E-state index in [1.807, 2.05) is 13.2 Å². The molecule has 0 aliphatic carbocycles. The van der Waals surface area contributed by atoms with Crippen molar-refractivity contribution in [3.63, 3.8) is 0 Å². The van der Waals surface area contributed by atoms with E-state index in [1.165, 1.54) is 19.3 Å². The molecule has 0 aromatic carbocycles. The molecule has 2 heterocycles. The highest BCUT2D eigenvalue weighted by Crippen LogP contribution is 2.12. The van der Waals surface area contributed by atoms with Crippen molar-refractivity contribution in [3.8, 4) is 0 Å². The van der Waals surface area contributed by atoms with Gasteiger partial charge in [-0.1, -0.05) is 12.1 Å². The van der Waals surface area contributed by atoms with Crippen molar-refractivity contribution in [2.75, 3.05) is 19.6 Å². The van der Waals surface area contributed by atoms with Gasteiger partial charge in [0.15, 0.2) is 0 Å². The Balaban J connectivity index is 1.72. The van der Waals surface area contributed by atoms with E-state index in [1.54, 1.807) is 4.68 Å². The first-order valence-electron chi connectivity index (χ1n) is 6.59. The van der Waals surface area contributed by atoms with Gasteiger partial charge in [0.05, 0.1) is 5.69 Å². The first-order valence-corrected chi connectivity index (χ1v) is 6.59. The Morgan fingerprint density at radius 1 is 1.41 bits per heavy atom. The topological polar surface area (TPSA) is 46.0 Å². The third-order valence-corrected chi connectivity index (χ3v) is 3.31. The Kier molecular flexibility index (Phi) is 4.50. The van der Waals surface area contributed by atoms with E-state index in [0.717, 1.165) is 31.9 Å². The van der Waals surface area contributed by atoms with Gasteiger partial charge in [0.2, 0.25) is 0 Å². The Morgan fingerprint density at radius 2 is 2.18 bits per heavy atom. The number of hydrogen-bond acceptors (Lipinski definition) is 4. The standard InChI is InChI=1S/C12H23N5/c1-3-6-13-11-4-7-17(8-5-11)10-12-9-16(2)15-14-12/h9,11,13H,3-8,10H2,1-2H3. The monoisotopic (exact) mass is 237 g/mol. The average molecular weight is 237 g/mol. The molecule has 0 saturated carbocycles. The molecule has 1 fully saturated rings. The second-order valence-electron chi connectivity index (χ2n) is 4.89. The summed E-state index contributed by atoms with van der Waals surface area (Å²) in [5.41, 5.74) is 1.08. The molecule has 1 aromatic heterocycles. The molecule has 1 aromatic rings. The van der Waals surface area contributed by atoms with Crippen molar-refractivity contribution < 1.29 is 0 Å². The van der Waals surface area contributed by atoms with Gasteiger partial charge < -0.3 is 5.32 Å². The molecule has 0 amide bonds. The number of piperidine rings is 1. The molecule has 1 aliphatic rings. The predicted octanol–water partition coefficient (Wildman–Crippen LogP) is 0.779. The maximum Gasteiger partial charge on any atom is 0.0966 e. The summed E-state index contributed by atoms with van der Waals surface area (Å²) in [5, 5.41) is 11.7. The van der Waals surface area contributed by atoms with Crippen LogP contribution in [0.4, 0.5) is 0 Å². The highest BCUT2D eigenvalue weighted by Gasteiger charge is 2.19. The minimum Gasteiger partial charge on any atom is -0.314 e. The third kappa shape index (κ3) is 3.78. The molecule has 0 unspecified atom stereocenters. The van der Waals surface area contributed by atoms with Crippen LogP contribution in [0.1, 0.15) is 31.9 Å². The molecule has 1 N–H and O–H groups in total. The number of rotatable bonds is 5. The molecule has 5 heteroatoms. The molecule has 1 saturated heterocycles. The van der Waals surface area contributed by atoms with Gasteiger partial charge in [-0.15, -0.1) is 5.10 Å². The summed E-state index contributed by atoms with van der Waals surface area (Å²) in [6.07, 6.45) is 5.72. The Morgan fingerprint density at radius 3 is 2.76 bits per heavy atom. The molecular formula is C12H23N5. The lowest BCUT2D eigenvalue weighted by molar-refractivity contribution is 0.189. The number of aryl methyl sites for hydroxylation is 1. The first kappa shape index (κ1) is 12.5. The van der Waals surface area contributed by atoms with Crippen molar-refractivity contribution in [1.29, 1.82) is 0 Å². The number of nitrogens with zero attached hydrogens (tertiary/aromatic N) is 4. The third-order valence-electron chi connectivity index (χ3n) is 3.31. The number of nitrogens with one attached hydrogen (secondary N) is 1. The van der Waals surface area contributed by atoms with Crippen molar-refractivity contribution in [3.05, 3.63) is 11.9 Å². The van der Waals surface area contributed by atoms with Crippen LogP contribution in [0.5, 0.6) is 0 Å². The van der Waals surface area contributed by atoms with Crippen molar-refractivity contribution in [2.45, 2.75) is 38.8 Å². The number of hydrogen-bond donors (Lipinski definition) is 1. The summed E-state index contributed by atoms with van der Waals surface area (Å²) >= 11 is 0. The normalized spacial score (nSPS) is 18.7. The largest absolute Gasteiger partial charge is 0.314 e. The van der Waals surface area contributed by atoms with Crippen molar-refractivity contribution in [1.82, 2.24) is 25.2 Å². The summed E-state index contributed by atoms with van der Waals surface area (Å²) in [5.74, 6) is 0. The summed E-state index contributed by atoms with van der Waals surface area (Å²) in [6, 6.07) is 0.716. The molecule has 5 nitrogen and oxygen atoms in total. The molecule has 17 heavy (non-hydrogen) atoms. The highest BCUT2D eigenvalue weighted by atomic mass is 15.4. The lowest BCUT2D eigenvalue weighted by atomic mass is 10.0. The zero-order chi connectivity index (χ0) is 12.1. The Bertz CT molecular complexity index is 327. The van der Waals surface area contributed by atoms with Crippen LogP contribution in [0.3, 0.4) is 0 Å². The second-order valence-corrected chi connectivity index (χ2v) is 4.89. The van der Waals surface area contributed by atoms with Crippen LogP contribution < -0.4 is 5.32 Å². The van der Waals surface area contributed by atoms with Gasteiger partial charge in [-0.3, -0.25) is 9.58 Å². The van der Waals surface area contributed by atoms with Crippen molar-refractivity contribution in [2.24, 2.45) is 7.05 Å². The van der Waals surface area contributed by atoms with Crippen LogP contribution >= 0.6 is 0 Å². The van der Waals surface area contributed by atoms with E-state index in [-0.39, 0.29) is 0 Å². The first-order chi connectivity index (χ1) is 8.28. The minimum atomic E-state index is 0.716.